The van der Waals surface area contributed by atoms with Gasteiger partial charge in [0.1, 0.15) is 5.75 Å². The Hall–Kier alpha value is -0.760. The molecule has 1 aliphatic rings. The first-order valence-corrected chi connectivity index (χ1v) is 5.24. The fourth-order valence-corrected chi connectivity index (χ4v) is 2.30. The van der Waals surface area contributed by atoms with E-state index in [-0.39, 0.29) is 0 Å². The normalized spacial score (nSPS) is 17.5. The summed E-state index contributed by atoms with van der Waals surface area (Å²) in [7, 11) is 1.73. The molecule has 0 atom stereocenters. The first-order chi connectivity index (χ1) is 6.36. The number of fused-ring (bicyclic) bond motifs is 1. The zero-order valence-corrected chi connectivity index (χ0v) is 9.10. The van der Waals surface area contributed by atoms with Gasteiger partial charge in [-0.1, -0.05) is 28.1 Å². The first-order valence-electron chi connectivity index (χ1n) is 4.32. The van der Waals surface area contributed by atoms with Gasteiger partial charge in [-0.25, -0.2) is 0 Å². The van der Waals surface area contributed by atoms with Gasteiger partial charge in [-0.05, 0) is 35.0 Å². The number of benzene rings is 1. The fraction of sp³-hybridized carbons (Fsp3) is 0.273. The summed E-state index contributed by atoms with van der Waals surface area (Å²) in [5, 5.41) is 0. The number of halogens is 1. The molecule has 13 heavy (non-hydrogen) atoms. The lowest BCUT2D eigenvalue weighted by molar-refractivity contribution is 0.410. The van der Waals surface area contributed by atoms with E-state index in [2.05, 4.69) is 22.0 Å². The van der Waals surface area contributed by atoms with E-state index in [1.54, 1.807) is 7.11 Å². The summed E-state index contributed by atoms with van der Waals surface area (Å²) in [5.41, 5.74) is 4.04. The van der Waals surface area contributed by atoms with Crippen LogP contribution in [0, 0.1) is 0 Å². The molecule has 0 aliphatic heterocycles. The summed E-state index contributed by atoms with van der Waals surface area (Å²) in [4.78, 5) is 2.01. The van der Waals surface area contributed by atoms with Crippen LogP contribution in [0.15, 0.2) is 23.2 Å². The van der Waals surface area contributed by atoms with Gasteiger partial charge in [0.15, 0.2) is 0 Å². The fourth-order valence-electron chi connectivity index (χ4n) is 1.82. The van der Waals surface area contributed by atoms with E-state index >= 15 is 0 Å². The Balaban J connectivity index is 2.55. The molecule has 1 nitrogen and oxygen atoms in total. The summed E-state index contributed by atoms with van der Waals surface area (Å²) in [6.07, 6.45) is 2.21. The molecule has 0 heterocycles. The minimum atomic E-state index is 1.02. The van der Waals surface area contributed by atoms with Crippen molar-refractivity contribution in [3.05, 3.63) is 34.3 Å². The lowest BCUT2D eigenvalue weighted by Gasteiger charge is -2.05. The SMILES string of the molecule is COc1cccc2c1CC/C2=C\Br. The third-order valence-electron chi connectivity index (χ3n) is 2.47. The molecule has 0 N–H and O–H groups in total. The van der Waals surface area contributed by atoms with Crippen LogP contribution in [0.25, 0.3) is 5.57 Å². The van der Waals surface area contributed by atoms with Crippen molar-refractivity contribution in [2.45, 2.75) is 12.8 Å². The summed E-state index contributed by atoms with van der Waals surface area (Å²) in [6, 6.07) is 6.22. The van der Waals surface area contributed by atoms with E-state index in [9.17, 15) is 0 Å². The van der Waals surface area contributed by atoms with Crippen LogP contribution in [0.1, 0.15) is 17.5 Å². The first kappa shape index (κ1) is 8.82. The van der Waals surface area contributed by atoms with Gasteiger partial charge >= 0.3 is 0 Å². The van der Waals surface area contributed by atoms with Gasteiger partial charge in [0.25, 0.3) is 0 Å². The lowest BCUT2D eigenvalue weighted by atomic mass is 10.1. The van der Waals surface area contributed by atoms with Crippen molar-refractivity contribution in [2.75, 3.05) is 7.11 Å². The van der Waals surface area contributed by atoms with Crippen LogP contribution >= 0.6 is 15.9 Å². The molecule has 68 valence electrons. The largest absolute Gasteiger partial charge is 0.496 e. The molecule has 0 fully saturated rings. The third kappa shape index (κ3) is 1.39. The topological polar surface area (TPSA) is 9.23 Å². The number of methoxy groups -OCH3 is 1. The smallest absolute Gasteiger partial charge is 0.122 e. The summed E-state index contributed by atoms with van der Waals surface area (Å²) < 4.78 is 5.31. The second-order valence-electron chi connectivity index (χ2n) is 3.12. The van der Waals surface area contributed by atoms with Gasteiger partial charge in [0.05, 0.1) is 7.11 Å². The standard InChI is InChI=1S/C11H11BrO/c1-13-11-4-2-3-9-8(7-12)5-6-10(9)11/h2-4,7H,5-6H2,1H3/b8-7+. The second-order valence-corrected chi connectivity index (χ2v) is 3.58. The van der Waals surface area contributed by atoms with Crippen molar-refractivity contribution in [3.8, 4) is 5.75 Å². The van der Waals surface area contributed by atoms with Gasteiger partial charge < -0.3 is 4.74 Å². The predicted molar refractivity (Wildman–Crippen MR) is 58.2 cm³/mol. The summed E-state index contributed by atoms with van der Waals surface area (Å²) >= 11 is 3.39. The molecule has 0 amide bonds. The molecular weight excluding hydrogens is 228 g/mol. The molecular formula is C11H11BrO. The zero-order valence-electron chi connectivity index (χ0n) is 7.51. The molecule has 1 aromatic carbocycles. The van der Waals surface area contributed by atoms with Crippen molar-refractivity contribution in [3.63, 3.8) is 0 Å². The molecule has 2 heteroatoms. The Morgan fingerprint density at radius 3 is 2.92 bits per heavy atom. The molecule has 1 aromatic rings. The average Bonchev–Trinajstić information content (AvgIpc) is 2.60. The Morgan fingerprint density at radius 2 is 2.23 bits per heavy atom. The van der Waals surface area contributed by atoms with Crippen LogP contribution in [0.4, 0.5) is 0 Å². The molecule has 1 aliphatic carbocycles. The quantitative estimate of drug-likeness (QED) is 0.729. The van der Waals surface area contributed by atoms with Crippen LogP contribution < -0.4 is 4.74 Å². The highest BCUT2D eigenvalue weighted by Crippen LogP contribution is 2.37. The van der Waals surface area contributed by atoms with Gasteiger partial charge in [-0.15, -0.1) is 0 Å². The van der Waals surface area contributed by atoms with Gasteiger partial charge in [-0.3, -0.25) is 0 Å². The Morgan fingerprint density at radius 1 is 1.38 bits per heavy atom. The van der Waals surface area contributed by atoms with Crippen molar-refractivity contribution >= 4 is 21.5 Å². The molecule has 0 radical (unpaired) electrons. The van der Waals surface area contributed by atoms with E-state index in [4.69, 9.17) is 4.74 Å². The predicted octanol–water partition coefficient (Wildman–Crippen LogP) is 3.38. The summed E-state index contributed by atoms with van der Waals surface area (Å²) in [5.74, 6) is 1.02. The average molecular weight is 239 g/mol. The number of rotatable bonds is 1. The third-order valence-corrected chi connectivity index (χ3v) is 3.03. The number of ether oxygens (including phenoxy) is 1. The van der Waals surface area contributed by atoms with Gasteiger partial charge in [0.2, 0.25) is 0 Å². The van der Waals surface area contributed by atoms with E-state index in [1.807, 2.05) is 17.1 Å². The van der Waals surface area contributed by atoms with Crippen molar-refractivity contribution in [1.29, 1.82) is 0 Å². The second kappa shape index (κ2) is 3.54. The highest BCUT2D eigenvalue weighted by atomic mass is 79.9. The minimum absolute atomic E-state index is 1.02. The monoisotopic (exact) mass is 238 g/mol. The van der Waals surface area contributed by atoms with E-state index in [0.29, 0.717) is 0 Å². The van der Waals surface area contributed by atoms with Crippen LogP contribution in [-0.4, -0.2) is 7.11 Å². The molecule has 0 saturated carbocycles. The highest BCUT2D eigenvalue weighted by molar-refractivity contribution is 9.11. The van der Waals surface area contributed by atoms with Crippen LogP contribution in [0.2, 0.25) is 0 Å². The molecule has 0 saturated heterocycles. The number of hydrogen-bond donors (Lipinski definition) is 0. The maximum Gasteiger partial charge on any atom is 0.122 e. The Bertz CT molecular complexity index is 355. The van der Waals surface area contributed by atoms with Crippen molar-refractivity contribution < 1.29 is 4.74 Å². The van der Waals surface area contributed by atoms with Crippen molar-refractivity contribution in [2.24, 2.45) is 0 Å². The van der Waals surface area contributed by atoms with E-state index < -0.39 is 0 Å². The van der Waals surface area contributed by atoms with E-state index in [0.717, 1.165) is 18.6 Å². The van der Waals surface area contributed by atoms with E-state index in [1.165, 1.54) is 16.7 Å². The molecule has 0 bridgehead atoms. The zero-order chi connectivity index (χ0) is 9.26. The van der Waals surface area contributed by atoms with Crippen LogP contribution in [0.3, 0.4) is 0 Å². The Labute approximate surface area is 86.5 Å². The molecule has 0 spiro atoms. The maximum atomic E-state index is 5.31. The number of allylic oxidation sites excluding steroid dienone is 1. The maximum absolute atomic E-state index is 5.31. The van der Waals surface area contributed by atoms with Crippen LogP contribution in [0.5, 0.6) is 5.75 Å². The van der Waals surface area contributed by atoms with Crippen LogP contribution in [-0.2, 0) is 6.42 Å². The number of hydrogen-bond acceptors (Lipinski definition) is 1. The van der Waals surface area contributed by atoms with Gasteiger partial charge in [-0.2, -0.15) is 0 Å². The summed E-state index contributed by atoms with van der Waals surface area (Å²) in [6.45, 7) is 0. The lowest BCUT2D eigenvalue weighted by Crippen LogP contribution is -1.89. The Kier molecular flexibility index (Phi) is 2.40. The molecule has 0 aromatic heterocycles. The highest BCUT2D eigenvalue weighted by Gasteiger charge is 2.18. The van der Waals surface area contributed by atoms with Gasteiger partial charge in [0, 0.05) is 5.56 Å². The molecule has 2 rings (SSSR count). The minimum Gasteiger partial charge on any atom is -0.496 e. The molecule has 0 unspecified atom stereocenters. The van der Waals surface area contributed by atoms with Crippen molar-refractivity contribution in [1.82, 2.24) is 0 Å².